The lowest BCUT2D eigenvalue weighted by Crippen LogP contribution is -2.50. The van der Waals surface area contributed by atoms with Gasteiger partial charge in [-0.15, -0.1) is 0 Å². The molecule has 1 amide bonds. The average molecular weight is 310 g/mol. The lowest BCUT2D eigenvalue weighted by Gasteiger charge is -2.38. The van der Waals surface area contributed by atoms with Gasteiger partial charge < -0.3 is 11.1 Å². The molecule has 116 valence electrons. The average Bonchev–Trinajstić information content (AvgIpc) is 2.45. The van der Waals surface area contributed by atoms with Crippen molar-refractivity contribution >= 4 is 28.9 Å². The van der Waals surface area contributed by atoms with Gasteiger partial charge in [0.05, 0.1) is 16.8 Å². The Morgan fingerprint density at radius 2 is 2.29 bits per heavy atom. The first kappa shape index (κ1) is 16.1. The summed E-state index contributed by atoms with van der Waals surface area (Å²) in [6, 6.07) is 5.50. The summed E-state index contributed by atoms with van der Waals surface area (Å²) in [5, 5.41) is 3.41. The van der Waals surface area contributed by atoms with Crippen LogP contribution in [-0.4, -0.2) is 29.4 Å². The van der Waals surface area contributed by atoms with Gasteiger partial charge in [-0.05, 0) is 50.9 Å². The van der Waals surface area contributed by atoms with Gasteiger partial charge in [-0.1, -0.05) is 24.9 Å². The van der Waals surface area contributed by atoms with E-state index in [1.807, 2.05) is 0 Å². The van der Waals surface area contributed by atoms with Crippen LogP contribution in [-0.2, 0) is 4.79 Å². The van der Waals surface area contributed by atoms with E-state index in [1.165, 1.54) is 6.42 Å². The number of anilines is 2. The van der Waals surface area contributed by atoms with Crippen LogP contribution in [0.25, 0.3) is 0 Å². The Kier molecular flexibility index (Phi) is 5.48. The molecule has 1 saturated heterocycles. The van der Waals surface area contributed by atoms with Gasteiger partial charge in [0, 0.05) is 11.7 Å². The fourth-order valence-electron chi connectivity index (χ4n) is 3.00. The Bertz CT molecular complexity index is 506. The number of rotatable bonds is 4. The van der Waals surface area contributed by atoms with Crippen molar-refractivity contribution in [2.45, 2.75) is 51.6 Å². The Morgan fingerprint density at radius 3 is 2.90 bits per heavy atom. The number of amides is 1. The number of piperidine rings is 1. The third-order valence-electron chi connectivity index (χ3n) is 4.20. The van der Waals surface area contributed by atoms with Crippen molar-refractivity contribution in [3.05, 3.63) is 23.2 Å². The van der Waals surface area contributed by atoms with Crippen LogP contribution in [0, 0.1) is 0 Å². The molecule has 1 heterocycles. The zero-order chi connectivity index (χ0) is 15.4. The zero-order valence-electron chi connectivity index (χ0n) is 12.7. The summed E-state index contributed by atoms with van der Waals surface area (Å²) in [6.07, 6.45) is 4.37. The second-order valence-electron chi connectivity index (χ2n) is 5.74. The number of nitrogens with two attached hydrogens (primary N) is 1. The summed E-state index contributed by atoms with van der Waals surface area (Å²) in [6.45, 7) is 5.24. The molecule has 2 rings (SSSR count). The minimum atomic E-state index is -0.103. The number of nitrogens with zero attached hydrogens (tertiary/aromatic N) is 1. The van der Waals surface area contributed by atoms with E-state index in [0.717, 1.165) is 25.8 Å². The van der Waals surface area contributed by atoms with E-state index in [2.05, 4.69) is 24.1 Å². The second-order valence-corrected chi connectivity index (χ2v) is 6.14. The molecule has 0 radical (unpaired) electrons. The summed E-state index contributed by atoms with van der Waals surface area (Å²) >= 11 is 6.13. The van der Waals surface area contributed by atoms with Crippen LogP contribution in [0.4, 0.5) is 11.4 Å². The van der Waals surface area contributed by atoms with Gasteiger partial charge in [0.1, 0.15) is 0 Å². The van der Waals surface area contributed by atoms with E-state index in [4.69, 9.17) is 17.3 Å². The lowest BCUT2D eigenvalue weighted by atomic mass is 9.99. The summed E-state index contributed by atoms with van der Waals surface area (Å²) in [5.74, 6) is 0.0120. The summed E-state index contributed by atoms with van der Waals surface area (Å²) in [7, 11) is 0. The number of halogens is 1. The molecule has 3 N–H and O–H groups in total. The molecule has 0 spiro atoms. The maximum Gasteiger partial charge on any atom is 0.241 e. The van der Waals surface area contributed by atoms with Crippen molar-refractivity contribution in [1.82, 2.24) is 4.90 Å². The van der Waals surface area contributed by atoms with Crippen molar-refractivity contribution in [3.8, 4) is 0 Å². The number of hydrogen-bond acceptors (Lipinski definition) is 3. The maximum absolute atomic E-state index is 12.6. The molecule has 0 aliphatic carbocycles. The van der Waals surface area contributed by atoms with E-state index < -0.39 is 0 Å². The van der Waals surface area contributed by atoms with Crippen molar-refractivity contribution in [1.29, 1.82) is 0 Å². The number of nitrogens with one attached hydrogen (secondary N) is 1. The van der Waals surface area contributed by atoms with Gasteiger partial charge >= 0.3 is 0 Å². The molecule has 5 heteroatoms. The van der Waals surface area contributed by atoms with Crippen molar-refractivity contribution in [2.24, 2.45) is 0 Å². The normalized spacial score (nSPS) is 21.0. The Hall–Kier alpha value is -1.26. The molecule has 1 aromatic carbocycles. The number of likely N-dealkylation sites (tertiary alicyclic amines) is 1. The van der Waals surface area contributed by atoms with Gasteiger partial charge in [0.25, 0.3) is 0 Å². The van der Waals surface area contributed by atoms with Gasteiger partial charge in [-0.25, -0.2) is 0 Å². The van der Waals surface area contributed by atoms with Crippen LogP contribution in [0.3, 0.4) is 0 Å². The highest BCUT2D eigenvalue weighted by Crippen LogP contribution is 2.26. The summed E-state index contributed by atoms with van der Waals surface area (Å²) in [5.41, 5.74) is 6.89. The quantitative estimate of drug-likeness (QED) is 0.837. The molecule has 1 aromatic rings. The van der Waals surface area contributed by atoms with E-state index in [1.54, 1.807) is 18.2 Å². The van der Waals surface area contributed by atoms with Crippen molar-refractivity contribution in [2.75, 3.05) is 17.6 Å². The van der Waals surface area contributed by atoms with Gasteiger partial charge in [-0.3, -0.25) is 9.69 Å². The van der Waals surface area contributed by atoms with E-state index in [0.29, 0.717) is 22.4 Å². The third-order valence-corrected chi connectivity index (χ3v) is 4.51. The minimum Gasteiger partial charge on any atom is -0.399 e. The van der Waals surface area contributed by atoms with Crippen molar-refractivity contribution in [3.63, 3.8) is 0 Å². The molecule has 0 saturated carbocycles. The standard InChI is InChI=1S/C16H24ClN3O/c1-3-15(20-9-5-4-6-11(20)2)16(21)19-14-8-7-12(18)10-13(14)17/h7-8,10-11,15H,3-6,9,18H2,1-2H3,(H,19,21). The smallest absolute Gasteiger partial charge is 0.241 e. The van der Waals surface area contributed by atoms with E-state index in [-0.39, 0.29) is 11.9 Å². The van der Waals surface area contributed by atoms with Crippen molar-refractivity contribution < 1.29 is 4.79 Å². The number of carbonyl (C=O) groups excluding carboxylic acids is 1. The minimum absolute atomic E-state index is 0.0120. The summed E-state index contributed by atoms with van der Waals surface area (Å²) < 4.78 is 0. The molecular weight excluding hydrogens is 286 g/mol. The van der Waals surface area contributed by atoms with Gasteiger partial charge in [-0.2, -0.15) is 0 Å². The molecule has 21 heavy (non-hydrogen) atoms. The predicted octanol–water partition coefficient (Wildman–Crippen LogP) is 3.51. The largest absolute Gasteiger partial charge is 0.399 e. The molecule has 0 bridgehead atoms. The Balaban J connectivity index is 2.09. The van der Waals surface area contributed by atoms with Crippen LogP contribution in [0.5, 0.6) is 0 Å². The van der Waals surface area contributed by atoms with E-state index >= 15 is 0 Å². The molecule has 2 atom stereocenters. The second kappa shape index (κ2) is 7.14. The fourth-order valence-corrected chi connectivity index (χ4v) is 3.24. The molecular formula is C16H24ClN3O. The number of benzene rings is 1. The number of nitrogen functional groups attached to an aromatic ring is 1. The van der Waals surface area contributed by atoms with Crippen LogP contribution < -0.4 is 11.1 Å². The maximum atomic E-state index is 12.6. The van der Waals surface area contributed by atoms with Crippen LogP contribution in [0.15, 0.2) is 18.2 Å². The number of carbonyl (C=O) groups is 1. The SMILES string of the molecule is CCC(C(=O)Nc1ccc(N)cc1Cl)N1CCCCC1C. The first-order chi connectivity index (χ1) is 10.0. The summed E-state index contributed by atoms with van der Waals surface area (Å²) in [4.78, 5) is 14.9. The third kappa shape index (κ3) is 3.89. The van der Waals surface area contributed by atoms with Gasteiger partial charge in [0.2, 0.25) is 5.91 Å². The monoisotopic (exact) mass is 309 g/mol. The first-order valence-electron chi connectivity index (χ1n) is 7.64. The Labute approximate surface area is 131 Å². The topological polar surface area (TPSA) is 58.4 Å². The highest BCUT2D eigenvalue weighted by molar-refractivity contribution is 6.34. The van der Waals surface area contributed by atoms with Gasteiger partial charge in [0.15, 0.2) is 0 Å². The molecule has 4 nitrogen and oxygen atoms in total. The lowest BCUT2D eigenvalue weighted by molar-refractivity contribution is -0.122. The molecule has 1 aliphatic heterocycles. The van der Waals surface area contributed by atoms with Crippen LogP contribution >= 0.6 is 11.6 Å². The molecule has 0 aromatic heterocycles. The Morgan fingerprint density at radius 1 is 1.52 bits per heavy atom. The van der Waals surface area contributed by atoms with E-state index in [9.17, 15) is 4.79 Å². The highest BCUT2D eigenvalue weighted by Gasteiger charge is 2.30. The predicted molar refractivity (Wildman–Crippen MR) is 88.6 cm³/mol. The molecule has 1 aliphatic rings. The van der Waals surface area contributed by atoms with Crippen LogP contribution in [0.2, 0.25) is 5.02 Å². The fraction of sp³-hybridized carbons (Fsp3) is 0.562. The molecule has 1 fully saturated rings. The van der Waals surface area contributed by atoms with Crippen LogP contribution in [0.1, 0.15) is 39.5 Å². The zero-order valence-corrected chi connectivity index (χ0v) is 13.5. The first-order valence-corrected chi connectivity index (χ1v) is 8.02. The highest BCUT2D eigenvalue weighted by atomic mass is 35.5. The number of hydrogen-bond donors (Lipinski definition) is 2. The molecule has 2 unspecified atom stereocenters.